The highest BCUT2D eigenvalue weighted by Gasteiger charge is 2.16. The first kappa shape index (κ1) is 32.3. The number of aromatic nitrogens is 2. The molecule has 0 saturated carbocycles. The molecular formula is C31H45N5O4. The number of aromatic amines is 1. The summed E-state index contributed by atoms with van der Waals surface area (Å²) >= 11 is 0. The molecule has 1 aliphatic rings. The van der Waals surface area contributed by atoms with Crippen molar-refractivity contribution in [3.05, 3.63) is 59.4 Å². The van der Waals surface area contributed by atoms with E-state index in [1.165, 1.54) is 26.9 Å². The molecule has 0 saturated heterocycles. The van der Waals surface area contributed by atoms with Crippen LogP contribution >= 0.6 is 0 Å². The lowest BCUT2D eigenvalue weighted by molar-refractivity contribution is -0.138. The lowest BCUT2D eigenvalue weighted by Crippen LogP contribution is -2.41. The Morgan fingerprint density at radius 2 is 1.85 bits per heavy atom. The molecule has 9 heteroatoms. The van der Waals surface area contributed by atoms with Gasteiger partial charge in [0.1, 0.15) is 5.82 Å². The van der Waals surface area contributed by atoms with E-state index in [0.717, 1.165) is 37.3 Å². The molecule has 2 aromatic heterocycles. The van der Waals surface area contributed by atoms with Gasteiger partial charge in [0.15, 0.2) is 0 Å². The molecule has 4 rings (SSSR count). The summed E-state index contributed by atoms with van der Waals surface area (Å²) in [7, 11) is 0. The number of anilines is 1. The number of carboxylic acids is 1. The highest BCUT2D eigenvalue weighted by atomic mass is 16.4. The van der Waals surface area contributed by atoms with Crippen molar-refractivity contribution in [3.63, 3.8) is 0 Å². The van der Waals surface area contributed by atoms with Crippen LogP contribution in [0.2, 0.25) is 0 Å². The molecule has 0 spiro atoms. The van der Waals surface area contributed by atoms with Gasteiger partial charge in [0, 0.05) is 48.8 Å². The van der Waals surface area contributed by atoms with Gasteiger partial charge in [-0.15, -0.1) is 0 Å². The Kier molecular flexibility index (Phi) is 14.3. The summed E-state index contributed by atoms with van der Waals surface area (Å²) in [5, 5.41) is 15.8. The second kappa shape index (κ2) is 17.7. The number of benzene rings is 1. The van der Waals surface area contributed by atoms with Crippen LogP contribution in [0.25, 0.3) is 10.9 Å². The Bertz CT molecular complexity index is 1220. The van der Waals surface area contributed by atoms with Crippen LogP contribution < -0.4 is 10.6 Å². The predicted octanol–water partition coefficient (Wildman–Crippen LogP) is 4.96. The van der Waals surface area contributed by atoms with Gasteiger partial charge in [-0.05, 0) is 62.3 Å². The first-order valence-electron chi connectivity index (χ1n) is 14.4. The first-order valence-corrected chi connectivity index (χ1v) is 14.4. The molecule has 4 N–H and O–H groups in total. The predicted molar refractivity (Wildman–Crippen MR) is 161 cm³/mol. The Labute approximate surface area is 237 Å². The highest BCUT2D eigenvalue weighted by molar-refractivity contribution is 5.85. The lowest BCUT2D eigenvalue weighted by Gasteiger charge is -2.20. The molecule has 0 fully saturated rings. The van der Waals surface area contributed by atoms with Crippen molar-refractivity contribution in [1.29, 1.82) is 0 Å². The summed E-state index contributed by atoms with van der Waals surface area (Å²) in [5.41, 5.74) is 4.85. The molecule has 2 amide bonds. The summed E-state index contributed by atoms with van der Waals surface area (Å²) in [4.78, 5) is 44.0. The van der Waals surface area contributed by atoms with Crippen LogP contribution in [0.15, 0.2) is 42.6 Å². The minimum absolute atomic E-state index is 0.0457. The SMILES string of the molecule is CC.CCN(CC(=O)NCCC(=O)O)C(=O)CCCc1ccc2c(n1)NCCC2.CCc1c[nH]c2ccccc12. The molecule has 3 heterocycles. The second-order valence-electron chi connectivity index (χ2n) is 9.31. The maximum atomic E-state index is 12.3. The Morgan fingerprint density at radius 1 is 1.07 bits per heavy atom. The minimum Gasteiger partial charge on any atom is -0.481 e. The van der Waals surface area contributed by atoms with Crippen molar-refractivity contribution in [2.75, 3.05) is 31.5 Å². The summed E-state index contributed by atoms with van der Waals surface area (Å²) in [5.74, 6) is -0.432. The van der Waals surface area contributed by atoms with Crippen LogP contribution in [0.3, 0.4) is 0 Å². The number of para-hydroxylation sites is 1. The van der Waals surface area contributed by atoms with Crippen LogP contribution in [0.4, 0.5) is 5.82 Å². The number of carboxylic acid groups (broad SMARTS) is 1. The van der Waals surface area contributed by atoms with Gasteiger partial charge < -0.3 is 25.6 Å². The van der Waals surface area contributed by atoms with E-state index in [2.05, 4.69) is 64.1 Å². The van der Waals surface area contributed by atoms with E-state index in [1.807, 2.05) is 26.8 Å². The van der Waals surface area contributed by atoms with Gasteiger partial charge in [-0.3, -0.25) is 14.4 Å². The average Bonchev–Trinajstić information content (AvgIpc) is 3.40. The topological polar surface area (TPSA) is 127 Å². The van der Waals surface area contributed by atoms with Crippen molar-refractivity contribution < 1.29 is 19.5 Å². The smallest absolute Gasteiger partial charge is 0.305 e. The Balaban J connectivity index is 0.000000355. The third kappa shape index (κ3) is 10.4. The zero-order valence-corrected chi connectivity index (χ0v) is 24.4. The van der Waals surface area contributed by atoms with Crippen molar-refractivity contribution in [3.8, 4) is 0 Å². The number of hydrogen-bond donors (Lipinski definition) is 4. The molecule has 0 unspecified atom stereocenters. The van der Waals surface area contributed by atoms with Gasteiger partial charge >= 0.3 is 5.97 Å². The molecule has 0 bridgehead atoms. The zero-order chi connectivity index (χ0) is 29.3. The van der Waals surface area contributed by atoms with Gasteiger partial charge in [0.05, 0.1) is 13.0 Å². The van der Waals surface area contributed by atoms with E-state index in [-0.39, 0.29) is 31.3 Å². The van der Waals surface area contributed by atoms with E-state index < -0.39 is 5.97 Å². The first-order chi connectivity index (χ1) is 19.4. The lowest BCUT2D eigenvalue weighted by atomic mass is 10.1. The number of aliphatic carboxylic acids is 1. The number of carbonyl (C=O) groups is 3. The standard InChI is InChI=1S/C19H28N4O4.C10H11N.C2H6/c1-2-23(13-16(24)20-12-10-18(26)27)17(25)7-3-6-15-9-8-14-5-4-11-21-19(14)22-15;1-2-8-7-11-10-6-4-3-5-9(8)10;1-2/h8-9H,2-7,10-13H2,1H3,(H,20,24)(H,21,22)(H,26,27);3-7,11H,2H2,1H3;1-2H3. The third-order valence-corrected chi connectivity index (χ3v) is 6.56. The summed E-state index contributed by atoms with van der Waals surface area (Å²) in [6.45, 7) is 9.40. The second-order valence-corrected chi connectivity index (χ2v) is 9.31. The summed E-state index contributed by atoms with van der Waals surface area (Å²) in [6, 6.07) is 12.5. The number of rotatable bonds is 11. The van der Waals surface area contributed by atoms with E-state index in [0.29, 0.717) is 25.8 Å². The molecule has 0 aliphatic carbocycles. The molecule has 1 aromatic carbocycles. The van der Waals surface area contributed by atoms with E-state index in [1.54, 1.807) is 0 Å². The maximum absolute atomic E-state index is 12.3. The quantitative estimate of drug-likeness (QED) is 0.267. The molecular weight excluding hydrogens is 506 g/mol. The number of likely N-dealkylation sites (N-methyl/N-ethyl adjacent to an activating group) is 1. The van der Waals surface area contributed by atoms with Gasteiger partial charge in [-0.25, -0.2) is 4.98 Å². The molecule has 9 nitrogen and oxygen atoms in total. The molecule has 218 valence electrons. The molecule has 3 aromatic rings. The fourth-order valence-electron chi connectivity index (χ4n) is 4.43. The average molecular weight is 552 g/mol. The summed E-state index contributed by atoms with van der Waals surface area (Å²) < 4.78 is 0. The number of fused-ring (bicyclic) bond motifs is 2. The van der Waals surface area contributed by atoms with E-state index in [4.69, 9.17) is 5.11 Å². The van der Waals surface area contributed by atoms with Crippen molar-refractivity contribution in [2.24, 2.45) is 0 Å². The van der Waals surface area contributed by atoms with Gasteiger partial charge in [-0.1, -0.05) is 45.0 Å². The number of carbonyl (C=O) groups excluding carboxylic acids is 2. The van der Waals surface area contributed by atoms with Gasteiger partial charge in [-0.2, -0.15) is 0 Å². The maximum Gasteiger partial charge on any atom is 0.305 e. The number of H-pyrrole nitrogens is 1. The summed E-state index contributed by atoms with van der Waals surface area (Å²) in [6.07, 6.45) is 6.96. The Morgan fingerprint density at radius 3 is 2.58 bits per heavy atom. The van der Waals surface area contributed by atoms with Crippen molar-refractivity contribution in [1.82, 2.24) is 20.2 Å². The highest BCUT2D eigenvalue weighted by Crippen LogP contribution is 2.20. The largest absolute Gasteiger partial charge is 0.481 e. The van der Waals surface area contributed by atoms with E-state index in [9.17, 15) is 14.4 Å². The van der Waals surface area contributed by atoms with E-state index >= 15 is 0 Å². The van der Waals surface area contributed by atoms with Gasteiger partial charge in [0.2, 0.25) is 11.8 Å². The zero-order valence-electron chi connectivity index (χ0n) is 24.4. The Hall–Kier alpha value is -3.88. The fourth-order valence-corrected chi connectivity index (χ4v) is 4.43. The molecule has 0 radical (unpaired) electrons. The molecule has 0 atom stereocenters. The normalized spacial score (nSPS) is 11.6. The fraction of sp³-hybridized carbons (Fsp3) is 0.484. The van der Waals surface area contributed by atoms with Crippen LogP contribution in [0.5, 0.6) is 0 Å². The molecule has 40 heavy (non-hydrogen) atoms. The van der Waals surface area contributed by atoms with Crippen LogP contribution in [0.1, 0.15) is 70.2 Å². The number of amides is 2. The molecule has 1 aliphatic heterocycles. The minimum atomic E-state index is -0.968. The van der Waals surface area contributed by atoms with Crippen molar-refractivity contribution in [2.45, 2.75) is 72.6 Å². The van der Waals surface area contributed by atoms with Gasteiger partial charge in [0.25, 0.3) is 0 Å². The third-order valence-electron chi connectivity index (χ3n) is 6.56. The monoisotopic (exact) mass is 551 g/mol. The van der Waals surface area contributed by atoms with Crippen LogP contribution in [-0.4, -0.2) is 63.9 Å². The number of nitrogens with one attached hydrogen (secondary N) is 3. The number of nitrogens with zero attached hydrogens (tertiary/aromatic N) is 2. The van der Waals surface area contributed by atoms with Crippen LogP contribution in [0, 0.1) is 0 Å². The van der Waals surface area contributed by atoms with Crippen LogP contribution in [-0.2, 0) is 33.6 Å². The number of aryl methyl sites for hydroxylation is 3. The number of pyridine rings is 1. The number of hydrogen-bond acceptors (Lipinski definition) is 5. The van der Waals surface area contributed by atoms with Crippen molar-refractivity contribution >= 4 is 34.5 Å².